The highest BCUT2D eigenvalue weighted by Gasteiger charge is 2.24. The summed E-state index contributed by atoms with van der Waals surface area (Å²) in [6.45, 7) is 1.99. The topological polar surface area (TPSA) is 51.0 Å². The van der Waals surface area contributed by atoms with E-state index >= 15 is 0 Å². The summed E-state index contributed by atoms with van der Waals surface area (Å²) in [7, 11) is 3.93. The Morgan fingerprint density at radius 2 is 1.96 bits per heavy atom. The summed E-state index contributed by atoms with van der Waals surface area (Å²) in [6.07, 6.45) is 3.38. The molecule has 2 heterocycles. The highest BCUT2D eigenvalue weighted by atomic mass is 32.1. The van der Waals surface area contributed by atoms with Crippen molar-refractivity contribution in [3.63, 3.8) is 0 Å². The highest BCUT2D eigenvalue weighted by Crippen LogP contribution is 2.43. The van der Waals surface area contributed by atoms with E-state index < -0.39 is 0 Å². The van der Waals surface area contributed by atoms with E-state index in [1.165, 1.54) is 11.5 Å². The van der Waals surface area contributed by atoms with Crippen molar-refractivity contribution in [2.24, 2.45) is 0 Å². The molecular weight excluding hydrogens is 320 g/mol. The Bertz CT molecular complexity index is 1080. The molecule has 1 aliphatic carbocycles. The van der Waals surface area contributed by atoms with Gasteiger partial charge in [0.1, 0.15) is 11.8 Å². The van der Waals surface area contributed by atoms with Gasteiger partial charge in [-0.2, -0.15) is 0 Å². The normalized spacial score (nSPS) is 11.3. The zero-order chi connectivity index (χ0) is 16.8. The monoisotopic (exact) mass is 336 g/mol. The van der Waals surface area contributed by atoms with Gasteiger partial charge in [-0.15, -0.1) is 0 Å². The summed E-state index contributed by atoms with van der Waals surface area (Å²) in [5, 5.41) is 0.637. The molecule has 0 fully saturated rings. The molecule has 0 N–H and O–H groups in total. The number of nitrogens with zero attached hydrogens (tertiary/aromatic N) is 4. The molecular formula is C18H16N4OS. The van der Waals surface area contributed by atoms with E-state index in [2.05, 4.69) is 9.36 Å². The van der Waals surface area contributed by atoms with Crippen LogP contribution in [0.25, 0.3) is 27.0 Å². The van der Waals surface area contributed by atoms with E-state index in [4.69, 9.17) is 0 Å². The lowest BCUT2D eigenvalue weighted by atomic mass is 10.2. The number of aryl methyl sites for hydroxylation is 1. The lowest BCUT2D eigenvalue weighted by Crippen LogP contribution is -2.19. The Morgan fingerprint density at radius 3 is 2.71 bits per heavy atom. The molecule has 1 aromatic carbocycles. The zero-order valence-electron chi connectivity index (χ0n) is 13.6. The van der Waals surface area contributed by atoms with Crippen molar-refractivity contribution in [1.82, 2.24) is 13.9 Å². The third-order valence-electron chi connectivity index (χ3n) is 4.19. The first-order valence-corrected chi connectivity index (χ1v) is 8.38. The SMILES string of the molecule is Cc1ccccc1-n1cnc2c(N(C)C)c3ccnsc-3c2c1=O. The second kappa shape index (κ2) is 5.42. The number of anilines is 1. The Balaban J connectivity index is 2.14. The fraction of sp³-hybridized carbons (Fsp3) is 0.167. The molecule has 0 unspecified atom stereocenters. The Kier molecular flexibility index (Phi) is 3.35. The van der Waals surface area contributed by atoms with Gasteiger partial charge in [-0.3, -0.25) is 9.36 Å². The molecule has 0 amide bonds. The van der Waals surface area contributed by atoms with E-state index in [0.29, 0.717) is 5.39 Å². The van der Waals surface area contributed by atoms with Crippen LogP contribution in [0.3, 0.4) is 0 Å². The van der Waals surface area contributed by atoms with Crippen LogP contribution in [-0.2, 0) is 0 Å². The van der Waals surface area contributed by atoms with Crippen molar-refractivity contribution in [1.29, 1.82) is 0 Å². The predicted molar refractivity (Wildman–Crippen MR) is 98.7 cm³/mol. The first-order valence-electron chi connectivity index (χ1n) is 7.60. The number of rotatable bonds is 2. The number of hydrogen-bond donors (Lipinski definition) is 0. The molecule has 0 spiro atoms. The molecule has 1 aliphatic heterocycles. The summed E-state index contributed by atoms with van der Waals surface area (Å²) < 4.78 is 5.87. The summed E-state index contributed by atoms with van der Waals surface area (Å²) in [5.74, 6) is 0. The minimum atomic E-state index is -0.0587. The van der Waals surface area contributed by atoms with E-state index in [0.717, 1.165) is 32.9 Å². The van der Waals surface area contributed by atoms with Crippen LogP contribution in [0.1, 0.15) is 5.56 Å². The molecule has 6 heteroatoms. The van der Waals surface area contributed by atoms with Gasteiger partial charge in [0, 0.05) is 25.9 Å². The van der Waals surface area contributed by atoms with Crippen molar-refractivity contribution >= 4 is 28.1 Å². The average Bonchev–Trinajstić information content (AvgIpc) is 2.91. The molecule has 4 rings (SSSR count). The van der Waals surface area contributed by atoms with Gasteiger partial charge < -0.3 is 4.90 Å². The first-order chi connectivity index (χ1) is 11.6. The van der Waals surface area contributed by atoms with Crippen LogP contribution in [0.5, 0.6) is 0 Å². The number of aromatic nitrogens is 3. The highest BCUT2D eigenvalue weighted by molar-refractivity contribution is 7.10. The van der Waals surface area contributed by atoms with Gasteiger partial charge in [0.15, 0.2) is 0 Å². The lowest BCUT2D eigenvalue weighted by molar-refractivity contribution is 0.954. The van der Waals surface area contributed by atoms with Gasteiger partial charge in [0.05, 0.1) is 21.6 Å². The van der Waals surface area contributed by atoms with Crippen LogP contribution in [0.4, 0.5) is 5.69 Å². The largest absolute Gasteiger partial charge is 0.375 e. The summed E-state index contributed by atoms with van der Waals surface area (Å²) in [6, 6.07) is 9.76. The molecule has 0 saturated carbocycles. The number of hydrogen-bond acceptors (Lipinski definition) is 5. The summed E-state index contributed by atoms with van der Waals surface area (Å²) in [5.41, 5.74) is 4.54. The second-order valence-electron chi connectivity index (χ2n) is 5.93. The smallest absolute Gasteiger partial charge is 0.267 e. The van der Waals surface area contributed by atoms with Gasteiger partial charge >= 0.3 is 0 Å². The van der Waals surface area contributed by atoms with Crippen LogP contribution in [-0.4, -0.2) is 28.0 Å². The van der Waals surface area contributed by atoms with E-state index in [1.807, 2.05) is 56.3 Å². The Hall–Kier alpha value is -2.73. The van der Waals surface area contributed by atoms with Gasteiger partial charge in [0.25, 0.3) is 5.56 Å². The molecule has 1 aromatic heterocycles. The van der Waals surface area contributed by atoms with Crippen LogP contribution >= 0.6 is 11.5 Å². The Morgan fingerprint density at radius 1 is 1.17 bits per heavy atom. The molecule has 2 aliphatic rings. The fourth-order valence-corrected chi connectivity index (χ4v) is 3.87. The van der Waals surface area contributed by atoms with Gasteiger partial charge in [-0.1, -0.05) is 18.2 Å². The maximum atomic E-state index is 13.2. The van der Waals surface area contributed by atoms with Gasteiger partial charge in [0.2, 0.25) is 0 Å². The average molecular weight is 336 g/mol. The van der Waals surface area contributed by atoms with Gasteiger partial charge in [-0.05, 0) is 36.2 Å². The van der Waals surface area contributed by atoms with Crippen LogP contribution in [0, 0.1) is 6.92 Å². The van der Waals surface area contributed by atoms with Crippen LogP contribution in [0.15, 0.2) is 47.7 Å². The third kappa shape index (κ3) is 2.03. The maximum Gasteiger partial charge on any atom is 0.267 e. The minimum Gasteiger partial charge on any atom is -0.375 e. The minimum absolute atomic E-state index is 0.0587. The molecule has 2 aromatic rings. The molecule has 120 valence electrons. The molecule has 0 saturated heterocycles. The van der Waals surface area contributed by atoms with Crippen LogP contribution in [0.2, 0.25) is 0 Å². The molecule has 24 heavy (non-hydrogen) atoms. The summed E-state index contributed by atoms with van der Waals surface area (Å²) in [4.78, 5) is 20.7. The quantitative estimate of drug-likeness (QED) is 0.563. The molecule has 5 nitrogen and oxygen atoms in total. The second-order valence-corrected chi connectivity index (χ2v) is 6.73. The first kappa shape index (κ1) is 14.8. The maximum absolute atomic E-state index is 13.2. The lowest BCUT2D eigenvalue weighted by Gasteiger charge is -2.13. The van der Waals surface area contributed by atoms with Crippen molar-refractivity contribution in [3.8, 4) is 16.1 Å². The zero-order valence-corrected chi connectivity index (χ0v) is 14.5. The van der Waals surface area contributed by atoms with Crippen molar-refractivity contribution in [2.75, 3.05) is 19.0 Å². The van der Waals surface area contributed by atoms with E-state index in [9.17, 15) is 4.79 Å². The number of benzene rings is 1. The summed E-state index contributed by atoms with van der Waals surface area (Å²) >= 11 is 1.34. The van der Waals surface area contributed by atoms with Crippen molar-refractivity contribution in [2.45, 2.75) is 6.92 Å². The standard InChI is InChI=1S/C18H16N4OS/c1-11-6-4-5-7-13(11)22-10-19-15-14(18(22)23)17-12(8-9-20-24-17)16(15)21(2)3/h4-10H,1-3H3. The van der Waals surface area contributed by atoms with Crippen LogP contribution < -0.4 is 10.5 Å². The van der Waals surface area contributed by atoms with Crippen molar-refractivity contribution < 1.29 is 0 Å². The molecule has 0 atom stereocenters. The van der Waals surface area contributed by atoms with E-state index in [1.54, 1.807) is 17.1 Å². The fourth-order valence-electron chi connectivity index (χ4n) is 3.10. The van der Waals surface area contributed by atoms with E-state index in [-0.39, 0.29) is 5.56 Å². The van der Waals surface area contributed by atoms with Crippen molar-refractivity contribution in [3.05, 3.63) is 58.8 Å². The predicted octanol–water partition coefficient (Wildman–Crippen LogP) is 3.32. The molecule has 0 bridgehead atoms. The number of fused-ring (bicyclic) bond motifs is 3. The third-order valence-corrected chi connectivity index (χ3v) is 5.02. The number of para-hydroxylation sites is 1. The molecule has 0 radical (unpaired) electrons. The van der Waals surface area contributed by atoms with Gasteiger partial charge in [-0.25, -0.2) is 9.36 Å². The Labute approximate surface area is 143 Å².